The van der Waals surface area contributed by atoms with Crippen molar-refractivity contribution in [3.8, 4) is 11.5 Å². The van der Waals surface area contributed by atoms with Crippen LogP contribution in [-0.4, -0.2) is 32.0 Å². The van der Waals surface area contributed by atoms with Crippen molar-refractivity contribution in [1.82, 2.24) is 5.32 Å². The Morgan fingerprint density at radius 2 is 2.10 bits per heavy atom. The number of ether oxygens (including phenoxy) is 2. The van der Waals surface area contributed by atoms with E-state index >= 15 is 0 Å². The molecule has 1 fully saturated rings. The fourth-order valence-corrected chi connectivity index (χ4v) is 3.01. The summed E-state index contributed by atoms with van der Waals surface area (Å²) in [5.74, 6) is 1.77. The summed E-state index contributed by atoms with van der Waals surface area (Å²) >= 11 is 6.33. The van der Waals surface area contributed by atoms with Gasteiger partial charge in [-0.05, 0) is 43.4 Å². The zero-order valence-corrected chi connectivity index (χ0v) is 12.7. The van der Waals surface area contributed by atoms with Crippen LogP contribution in [0.3, 0.4) is 0 Å². The van der Waals surface area contributed by atoms with E-state index in [0.29, 0.717) is 29.0 Å². The lowest BCUT2D eigenvalue weighted by atomic mass is 10.1. The molecule has 5 heteroatoms. The van der Waals surface area contributed by atoms with Gasteiger partial charge in [-0.1, -0.05) is 17.7 Å². The third-order valence-electron chi connectivity index (χ3n) is 3.83. The summed E-state index contributed by atoms with van der Waals surface area (Å²) in [6.07, 6.45) is 2.79. The van der Waals surface area contributed by atoms with E-state index in [2.05, 4.69) is 5.32 Å². The Hall–Kier alpha value is -0.970. The molecule has 0 saturated heterocycles. The minimum Gasteiger partial charge on any atom is -0.493 e. The first kappa shape index (κ1) is 15.4. The Labute approximate surface area is 125 Å². The van der Waals surface area contributed by atoms with Crippen molar-refractivity contribution in [2.75, 3.05) is 20.8 Å². The molecule has 1 saturated carbocycles. The standard InChI is InChI=1S/C15H22ClNO3/c1-19-13-6-4-11(14(16)15(13)20-2)9-17-8-10-3-5-12(18)7-10/h4,6,10,12,17-18H,3,5,7-9H2,1-2H3. The van der Waals surface area contributed by atoms with E-state index in [1.165, 1.54) is 0 Å². The van der Waals surface area contributed by atoms with Crippen LogP contribution in [0.1, 0.15) is 24.8 Å². The molecule has 1 aromatic carbocycles. The number of benzene rings is 1. The van der Waals surface area contributed by atoms with Crippen LogP contribution < -0.4 is 14.8 Å². The molecule has 20 heavy (non-hydrogen) atoms. The van der Waals surface area contributed by atoms with Crippen molar-refractivity contribution in [2.45, 2.75) is 31.9 Å². The van der Waals surface area contributed by atoms with E-state index in [1.807, 2.05) is 12.1 Å². The van der Waals surface area contributed by atoms with E-state index in [1.54, 1.807) is 14.2 Å². The fourth-order valence-electron chi connectivity index (χ4n) is 2.71. The van der Waals surface area contributed by atoms with Gasteiger partial charge in [0.15, 0.2) is 11.5 Å². The normalized spacial score (nSPS) is 22.0. The first-order valence-electron chi connectivity index (χ1n) is 6.93. The average Bonchev–Trinajstić information content (AvgIpc) is 2.86. The van der Waals surface area contributed by atoms with Crippen LogP contribution >= 0.6 is 11.6 Å². The maximum absolute atomic E-state index is 9.51. The van der Waals surface area contributed by atoms with Crippen molar-refractivity contribution < 1.29 is 14.6 Å². The van der Waals surface area contributed by atoms with Gasteiger partial charge in [0.2, 0.25) is 0 Å². The van der Waals surface area contributed by atoms with Gasteiger partial charge in [0, 0.05) is 6.54 Å². The minimum absolute atomic E-state index is 0.119. The molecule has 112 valence electrons. The van der Waals surface area contributed by atoms with Crippen molar-refractivity contribution >= 4 is 11.6 Å². The number of hydrogen-bond acceptors (Lipinski definition) is 4. The molecule has 1 aromatic rings. The molecule has 1 aliphatic carbocycles. The van der Waals surface area contributed by atoms with E-state index in [0.717, 1.165) is 31.4 Å². The summed E-state index contributed by atoms with van der Waals surface area (Å²) in [4.78, 5) is 0. The van der Waals surface area contributed by atoms with Crippen molar-refractivity contribution in [3.05, 3.63) is 22.7 Å². The molecule has 4 nitrogen and oxygen atoms in total. The quantitative estimate of drug-likeness (QED) is 0.848. The Bertz CT molecular complexity index is 453. The predicted octanol–water partition coefficient (Wildman–Crippen LogP) is 2.61. The van der Waals surface area contributed by atoms with Crippen molar-refractivity contribution in [2.24, 2.45) is 5.92 Å². The Morgan fingerprint density at radius 1 is 1.30 bits per heavy atom. The van der Waals surface area contributed by atoms with Gasteiger partial charge in [-0.25, -0.2) is 0 Å². The number of nitrogens with one attached hydrogen (secondary N) is 1. The van der Waals surface area contributed by atoms with Crippen LogP contribution in [0.2, 0.25) is 5.02 Å². The highest BCUT2D eigenvalue weighted by Crippen LogP contribution is 2.37. The highest BCUT2D eigenvalue weighted by atomic mass is 35.5. The van der Waals surface area contributed by atoms with Gasteiger partial charge < -0.3 is 19.9 Å². The molecule has 2 rings (SSSR count). The summed E-state index contributed by atoms with van der Waals surface area (Å²) in [7, 11) is 3.18. The SMILES string of the molecule is COc1ccc(CNCC2CCC(O)C2)c(Cl)c1OC. The first-order chi connectivity index (χ1) is 9.65. The second kappa shape index (κ2) is 7.16. The number of methoxy groups -OCH3 is 2. The maximum atomic E-state index is 9.51. The van der Waals surface area contributed by atoms with Gasteiger partial charge in [-0.3, -0.25) is 0 Å². The van der Waals surface area contributed by atoms with Crippen molar-refractivity contribution in [1.29, 1.82) is 0 Å². The van der Waals surface area contributed by atoms with Crippen molar-refractivity contribution in [3.63, 3.8) is 0 Å². The number of halogens is 1. The third-order valence-corrected chi connectivity index (χ3v) is 4.24. The molecule has 0 radical (unpaired) electrons. The number of rotatable bonds is 6. The van der Waals surface area contributed by atoms with Gasteiger partial charge in [0.25, 0.3) is 0 Å². The lowest BCUT2D eigenvalue weighted by Crippen LogP contribution is -2.21. The average molecular weight is 300 g/mol. The molecule has 0 aromatic heterocycles. The second-order valence-electron chi connectivity index (χ2n) is 5.24. The van der Waals surface area contributed by atoms with Gasteiger partial charge >= 0.3 is 0 Å². The Balaban J connectivity index is 1.92. The molecule has 0 bridgehead atoms. The molecular weight excluding hydrogens is 278 g/mol. The number of aliphatic hydroxyl groups excluding tert-OH is 1. The summed E-state index contributed by atoms with van der Waals surface area (Å²) in [6, 6.07) is 3.81. The van der Waals surface area contributed by atoms with Crippen LogP contribution in [0.4, 0.5) is 0 Å². The van der Waals surface area contributed by atoms with Crippen LogP contribution in [0.25, 0.3) is 0 Å². The predicted molar refractivity (Wildman–Crippen MR) is 79.6 cm³/mol. The van der Waals surface area contributed by atoms with Gasteiger partial charge in [-0.15, -0.1) is 0 Å². The highest BCUT2D eigenvalue weighted by molar-refractivity contribution is 6.33. The smallest absolute Gasteiger partial charge is 0.179 e. The van der Waals surface area contributed by atoms with Gasteiger partial charge in [0.1, 0.15) is 0 Å². The molecule has 2 atom stereocenters. The maximum Gasteiger partial charge on any atom is 0.179 e. The Morgan fingerprint density at radius 3 is 2.70 bits per heavy atom. The molecule has 2 unspecified atom stereocenters. The fraction of sp³-hybridized carbons (Fsp3) is 0.600. The first-order valence-corrected chi connectivity index (χ1v) is 7.31. The lowest BCUT2D eigenvalue weighted by molar-refractivity contribution is 0.177. The zero-order valence-electron chi connectivity index (χ0n) is 12.0. The zero-order chi connectivity index (χ0) is 14.5. The summed E-state index contributed by atoms with van der Waals surface area (Å²) < 4.78 is 10.5. The van der Waals surface area contributed by atoms with E-state index in [-0.39, 0.29) is 6.10 Å². The monoisotopic (exact) mass is 299 g/mol. The summed E-state index contributed by atoms with van der Waals surface area (Å²) in [5.41, 5.74) is 0.989. The molecule has 1 aliphatic rings. The molecule has 2 N–H and O–H groups in total. The molecule has 0 spiro atoms. The molecular formula is C15H22ClNO3. The van der Waals surface area contributed by atoms with E-state index in [4.69, 9.17) is 21.1 Å². The lowest BCUT2D eigenvalue weighted by Gasteiger charge is -2.15. The summed E-state index contributed by atoms with van der Waals surface area (Å²) in [6.45, 7) is 1.59. The van der Waals surface area contributed by atoms with Crippen LogP contribution in [-0.2, 0) is 6.54 Å². The van der Waals surface area contributed by atoms with E-state index < -0.39 is 0 Å². The topological polar surface area (TPSA) is 50.7 Å². The molecule has 0 amide bonds. The van der Waals surface area contributed by atoms with Crippen LogP contribution in [0, 0.1) is 5.92 Å². The number of hydrogen-bond donors (Lipinski definition) is 2. The number of aliphatic hydroxyl groups is 1. The Kier molecular flexibility index (Phi) is 5.52. The third kappa shape index (κ3) is 3.57. The van der Waals surface area contributed by atoms with Crippen LogP contribution in [0.5, 0.6) is 11.5 Å². The highest BCUT2D eigenvalue weighted by Gasteiger charge is 2.22. The minimum atomic E-state index is -0.119. The van der Waals surface area contributed by atoms with Gasteiger partial charge in [-0.2, -0.15) is 0 Å². The van der Waals surface area contributed by atoms with Crippen LogP contribution in [0.15, 0.2) is 12.1 Å². The molecule has 0 aliphatic heterocycles. The molecule has 0 heterocycles. The largest absolute Gasteiger partial charge is 0.493 e. The van der Waals surface area contributed by atoms with Gasteiger partial charge in [0.05, 0.1) is 25.3 Å². The second-order valence-corrected chi connectivity index (χ2v) is 5.62. The van der Waals surface area contributed by atoms with E-state index in [9.17, 15) is 5.11 Å². The summed E-state index contributed by atoms with van der Waals surface area (Å²) in [5, 5.41) is 13.5.